The molecule has 0 saturated heterocycles. The van der Waals surface area contributed by atoms with Gasteiger partial charge in [0.25, 0.3) is 0 Å². The summed E-state index contributed by atoms with van der Waals surface area (Å²) in [5.41, 5.74) is -0.0433. The number of aryl methyl sites for hydroxylation is 2. The lowest BCUT2D eigenvalue weighted by atomic mass is 10.0. The molecule has 0 unspecified atom stereocenters. The van der Waals surface area contributed by atoms with Crippen molar-refractivity contribution in [2.45, 2.75) is 39.3 Å². The lowest BCUT2D eigenvalue weighted by Crippen LogP contribution is -2.46. The van der Waals surface area contributed by atoms with Crippen LogP contribution in [-0.4, -0.2) is 37.8 Å². The molecule has 6 heteroatoms. The van der Waals surface area contributed by atoms with Crippen LogP contribution in [0.1, 0.15) is 26.1 Å². The van der Waals surface area contributed by atoms with Gasteiger partial charge in [0, 0.05) is 19.1 Å². The molecule has 0 aliphatic rings. The monoisotopic (exact) mass is 198 g/mol. The zero-order chi connectivity index (χ0) is 10.8. The van der Waals surface area contributed by atoms with Crippen molar-refractivity contribution < 1.29 is 0 Å². The number of tetrazole rings is 1. The van der Waals surface area contributed by atoms with Gasteiger partial charge in [0.05, 0.1) is 0 Å². The van der Waals surface area contributed by atoms with Gasteiger partial charge in [-0.2, -0.15) is 0 Å². The predicted molar refractivity (Wildman–Crippen MR) is 53.2 cm³/mol. The first-order valence-electron chi connectivity index (χ1n) is 4.65. The van der Waals surface area contributed by atoms with Crippen molar-refractivity contribution in [3.63, 3.8) is 0 Å². The summed E-state index contributed by atoms with van der Waals surface area (Å²) in [6, 6.07) is 0. The van der Waals surface area contributed by atoms with Crippen LogP contribution in [0.5, 0.6) is 0 Å². The van der Waals surface area contributed by atoms with Gasteiger partial charge >= 0.3 is 0 Å². The second-order valence-electron chi connectivity index (χ2n) is 4.12. The van der Waals surface area contributed by atoms with Crippen LogP contribution in [0.4, 0.5) is 0 Å². The maximum absolute atomic E-state index is 5.72. The second kappa shape index (κ2) is 4.02. The van der Waals surface area contributed by atoms with Crippen molar-refractivity contribution >= 4 is 0 Å². The lowest BCUT2D eigenvalue weighted by molar-refractivity contribution is 0.139. The number of nitrogens with two attached hydrogens (primary N) is 1. The third kappa shape index (κ3) is 2.49. The molecule has 2 N–H and O–H groups in total. The minimum absolute atomic E-state index is 0.0433. The van der Waals surface area contributed by atoms with Gasteiger partial charge in [-0.25, -0.2) is 9.69 Å². The number of hydrogen-bond acceptors (Lipinski definition) is 5. The Morgan fingerprint density at radius 1 is 1.50 bits per heavy atom. The average molecular weight is 198 g/mol. The van der Waals surface area contributed by atoms with Crippen molar-refractivity contribution in [1.82, 2.24) is 25.2 Å². The Morgan fingerprint density at radius 2 is 2.14 bits per heavy atom. The Balaban J connectivity index is 2.53. The molecule has 1 rings (SSSR count). The molecule has 0 aliphatic heterocycles. The van der Waals surface area contributed by atoms with E-state index in [2.05, 4.69) is 29.4 Å². The summed E-state index contributed by atoms with van der Waals surface area (Å²) in [6.07, 6.45) is 0.909. The van der Waals surface area contributed by atoms with Gasteiger partial charge in [-0.3, -0.25) is 5.84 Å². The fourth-order valence-corrected chi connectivity index (χ4v) is 1.01. The molecule has 0 aromatic carbocycles. The number of aromatic nitrogens is 4. The third-order valence-electron chi connectivity index (χ3n) is 2.60. The van der Waals surface area contributed by atoms with Crippen LogP contribution in [0.3, 0.4) is 0 Å². The van der Waals surface area contributed by atoms with Crippen LogP contribution in [0.25, 0.3) is 0 Å². The van der Waals surface area contributed by atoms with E-state index in [1.54, 1.807) is 9.69 Å². The first-order chi connectivity index (χ1) is 6.43. The summed E-state index contributed by atoms with van der Waals surface area (Å²) in [6.45, 7) is 6.85. The molecule has 0 atom stereocenters. The van der Waals surface area contributed by atoms with E-state index in [1.165, 1.54) is 0 Å². The number of rotatable bonds is 4. The molecule has 1 aromatic heterocycles. The van der Waals surface area contributed by atoms with E-state index in [0.29, 0.717) is 0 Å². The van der Waals surface area contributed by atoms with Crippen LogP contribution >= 0.6 is 0 Å². The minimum Gasteiger partial charge on any atom is -0.269 e. The summed E-state index contributed by atoms with van der Waals surface area (Å²) in [4.78, 5) is 0. The molecule has 0 aliphatic carbocycles. The largest absolute Gasteiger partial charge is 0.269 e. The summed E-state index contributed by atoms with van der Waals surface area (Å²) in [7, 11) is 1.87. The second-order valence-corrected chi connectivity index (χ2v) is 4.12. The van der Waals surface area contributed by atoms with Crippen molar-refractivity contribution in [2.24, 2.45) is 5.84 Å². The molecule has 1 aromatic rings. The van der Waals surface area contributed by atoms with Crippen LogP contribution in [-0.2, 0) is 6.54 Å². The maximum Gasteiger partial charge on any atom is 0.148 e. The molecule has 0 bridgehead atoms. The van der Waals surface area contributed by atoms with Crippen molar-refractivity contribution in [1.29, 1.82) is 0 Å². The van der Waals surface area contributed by atoms with E-state index in [-0.39, 0.29) is 5.54 Å². The highest BCUT2D eigenvalue weighted by Crippen LogP contribution is 2.14. The smallest absolute Gasteiger partial charge is 0.148 e. The Morgan fingerprint density at radius 3 is 2.57 bits per heavy atom. The topological polar surface area (TPSA) is 72.9 Å². The summed E-state index contributed by atoms with van der Waals surface area (Å²) >= 11 is 0. The SMILES string of the molecule is Cc1nnnn1CCC(C)(C)N(C)N. The molecule has 6 nitrogen and oxygen atoms in total. The molecule has 80 valence electrons. The lowest BCUT2D eigenvalue weighted by Gasteiger charge is -2.31. The van der Waals surface area contributed by atoms with Gasteiger partial charge in [-0.1, -0.05) is 0 Å². The zero-order valence-electron chi connectivity index (χ0n) is 9.23. The maximum atomic E-state index is 5.72. The molecule has 0 radical (unpaired) electrons. The van der Waals surface area contributed by atoms with Gasteiger partial charge in [0.15, 0.2) is 0 Å². The fourth-order valence-electron chi connectivity index (χ4n) is 1.01. The standard InChI is InChI=1S/C8H18N6/c1-7-10-11-12-14(7)6-5-8(2,3)13(4)9/h5-6,9H2,1-4H3. The Bertz CT molecular complexity index is 290. The fraction of sp³-hybridized carbons (Fsp3) is 0.875. The highest BCUT2D eigenvalue weighted by atomic mass is 15.5. The molecule has 0 amide bonds. The van der Waals surface area contributed by atoms with Gasteiger partial charge in [0.1, 0.15) is 5.82 Å². The molecule has 14 heavy (non-hydrogen) atoms. The molecule has 0 spiro atoms. The quantitative estimate of drug-likeness (QED) is 0.542. The van der Waals surface area contributed by atoms with Crippen LogP contribution in [0, 0.1) is 6.92 Å². The third-order valence-corrected chi connectivity index (χ3v) is 2.60. The predicted octanol–water partition coefficient (Wildman–Crippen LogP) is -0.0443. The van der Waals surface area contributed by atoms with Crippen LogP contribution in [0.15, 0.2) is 0 Å². The average Bonchev–Trinajstić information content (AvgIpc) is 2.47. The van der Waals surface area contributed by atoms with Crippen LogP contribution < -0.4 is 5.84 Å². The first-order valence-corrected chi connectivity index (χ1v) is 4.65. The minimum atomic E-state index is -0.0433. The normalized spacial score (nSPS) is 12.4. The van der Waals surface area contributed by atoms with E-state index >= 15 is 0 Å². The first kappa shape index (κ1) is 11.1. The summed E-state index contributed by atoms with van der Waals surface area (Å²) in [5.74, 6) is 6.55. The van der Waals surface area contributed by atoms with E-state index < -0.39 is 0 Å². The van der Waals surface area contributed by atoms with E-state index in [9.17, 15) is 0 Å². The van der Waals surface area contributed by atoms with Crippen molar-refractivity contribution in [2.75, 3.05) is 7.05 Å². The van der Waals surface area contributed by atoms with Crippen molar-refractivity contribution in [3.05, 3.63) is 5.82 Å². The Hall–Kier alpha value is -1.01. The molecular formula is C8H18N6. The van der Waals surface area contributed by atoms with Gasteiger partial charge in [0.2, 0.25) is 0 Å². The Labute approximate surface area is 84.0 Å². The number of hydrogen-bond donors (Lipinski definition) is 1. The van der Waals surface area contributed by atoms with E-state index in [0.717, 1.165) is 18.8 Å². The molecular weight excluding hydrogens is 180 g/mol. The number of hydrazine groups is 1. The molecule has 1 heterocycles. The summed E-state index contributed by atoms with van der Waals surface area (Å²) in [5, 5.41) is 13.0. The highest BCUT2D eigenvalue weighted by Gasteiger charge is 2.21. The molecule has 0 fully saturated rings. The van der Waals surface area contributed by atoms with E-state index in [4.69, 9.17) is 5.84 Å². The van der Waals surface area contributed by atoms with Crippen LogP contribution in [0.2, 0.25) is 0 Å². The van der Waals surface area contributed by atoms with Gasteiger partial charge in [-0.15, -0.1) is 5.10 Å². The highest BCUT2D eigenvalue weighted by molar-refractivity contribution is 4.79. The molecule has 0 saturated carbocycles. The van der Waals surface area contributed by atoms with Crippen molar-refractivity contribution in [3.8, 4) is 0 Å². The zero-order valence-corrected chi connectivity index (χ0v) is 9.23. The number of nitrogens with zero attached hydrogens (tertiary/aromatic N) is 5. The Kier molecular flexibility index (Phi) is 3.17. The summed E-state index contributed by atoms with van der Waals surface area (Å²) < 4.78 is 1.78. The van der Waals surface area contributed by atoms with Gasteiger partial charge < -0.3 is 0 Å². The van der Waals surface area contributed by atoms with E-state index in [1.807, 2.05) is 14.0 Å². The van der Waals surface area contributed by atoms with Gasteiger partial charge in [-0.05, 0) is 37.6 Å².